The van der Waals surface area contributed by atoms with E-state index in [1.54, 1.807) is 6.07 Å². The highest BCUT2D eigenvalue weighted by atomic mass is 19.1. The largest absolute Gasteiger partial charge is 0.396 e. The van der Waals surface area contributed by atoms with Crippen LogP contribution in [0.5, 0.6) is 0 Å². The number of rotatable bonds is 2. The fourth-order valence-corrected chi connectivity index (χ4v) is 2.56. The van der Waals surface area contributed by atoms with E-state index < -0.39 is 5.82 Å². The van der Waals surface area contributed by atoms with Gasteiger partial charge in [-0.05, 0) is 31.0 Å². The standard InChI is InChI=1S/C14H16FN3O/c15-11-7-6-10(8-12(11)16)14-17-13(18-19-14)9-4-2-1-3-5-9/h6-9H,1-5,16H2. The Balaban J connectivity index is 1.85. The van der Waals surface area contributed by atoms with E-state index in [9.17, 15) is 4.39 Å². The van der Waals surface area contributed by atoms with E-state index >= 15 is 0 Å². The van der Waals surface area contributed by atoms with Gasteiger partial charge in [0.05, 0.1) is 5.69 Å². The van der Waals surface area contributed by atoms with Crippen LogP contribution >= 0.6 is 0 Å². The zero-order valence-corrected chi connectivity index (χ0v) is 10.6. The molecule has 0 amide bonds. The van der Waals surface area contributed by atoms with Crippen LogP contribution < -0.4 is 5.73 Å². The number of aromatic nitrogens is 2. The lowest BCUT2D eigenvalue weighted by atomic mass is 9.89. The molecule has 4 nitrogen and oxygen atoms in total. The van der Waals surface area contributed by atoms with Crippen LogP contribution in [0.2, 0.25) is 0 Å². The molecular weight excluding hydrogens is 245 g/mol. The Morgan fingerprint density at radius 1 is 1.21 bits per heavy atom. The zero-order chi connectivity index (χ0) is 13.2. The molecule has 1 aromatic carbocycles. The summed E-state index contributed by atoms with van der Waals surface area (Å²) in [5, 5.41) is 4.05. The van der Waals surface area contributed by atoms with Crippen LogP contribution in [-0.2, 0) is 0 Å². The van der Waals surface area contributed by atoms with Crippen molar-refractivity contribution in [2.45, 2.75) is 38.0 Å². The van der Waals surface area contributed by atoms with Crippen LogP contribution in [0.3, 0.4) is 0 Å². The van der Waals surface area contributed by atoms with Gasteiger partial charge in [-0.15, -0.1) is 0 Å². The fraction of sp³-hybridized carbons (Fsp3) is 0.429. The van der Waals surface area contributed by atoms with Gasteiger partial charge in [-0.1, -0.05) is 24.4 Å². The Morgan fingerprint density at radius 2 is 2.00 bits per heavy atom. The second-order valence-corrected chi connectivity index (χ2v) is 5.03. The highest BCUT2D eigenvalue weighted by molar-refractivity contribution is 5.60. The molecule has 2 N–H and O–H groups in total. The maximum absolute atomic E-state index is 13.1. The lowest BCUT2D eigenvalue weighted by molar-refractivity contribution is 0.385. The monoisotopic (exact) mass is 261 g/mol. The molecule has 5 heteroatoms. The van der Waals surface area contributed by atoms with Gasteiger partial charge in [0.2, 0.25) is 0 Å². The molecule has 2 aromatic rings. The van der Waals surface area contributed by atoms with Gasteiger partial charge in [0.1, 0.15) is 5.82 Å². The van der Waals surface area contributed by atoms with Crippen LogP contribution in [0, 0.1) is 5.82 Å². The van der Waals surface area contributed by atoms with Crippen molar-refractivity contribution in [1.82, 2.24) is 10.1 Å². The Hall–Kier alpha value is -1.91. The maximum Gasteiger partial charge on any atom is 0.258 e. The van der Waals surface area contributed by atoms with Gasteiger partial charge in [-0.2, -0.15) is 4.98 Å². The first-order chi connectivity index (χ1) is 9.24. The van der Waals surface area contributed by atoms with Gasteiger partial charge < -0.3 is 10.3 Å². The molecule has 1 aliphatic rings. The van der Waals surface area contributed by atoms with Gasteiger partial charge >= 0.3 is 0 Å². The Morgan fingerprint density at radius 3 is 2.74 bits per heavy atom. The number of nitrogen functional groups attached to an aromatic ring is 1. The second-order valence-electron chi connectivity index (χ2n) is 5.03. The smallest absolute Gasteiger partial charge is 0.258 e. The molecule has 1 saturated carbocycles. The van der Waals surface area contributed by atoms with Gasteiger partial charge in [-0.25, -0.2) is 4.39 Å². The third-order valence-electron chi connectivity index (χ3n) is 3.66. The number of halogens is 1. The van der Waals surface area contributed by atoms with Crippen LogP contribution in [0.15, 0.2) is 22.7 Å². The summed E-state index contributed by atoms with van der Waals surface area (Å²) in [6.07, 6.45) is 5.96. The summed E-state index contributed by atoms with van der Waals surface area (Å²) >= 11 is 0. The van der Waals surface area contributed by atoms with Crippen molar-refractivity contribution in [2.24, 2.45) is 0 Å². The first-order valence-corrected chi connectivity index (χ1v) is 6.63. The molecule has 1 heterocycles. The minimum Gasteiger partial charge on any atom is -0.396 e. The summed E-state index contributed by atoms with van der Waals surface area (Å²) < 4.78 is 18.4. The van der Waals surface area contributed by atoms with Gasteiger partial charge in [0, 0.05) is 11.5 Å². The number of anilines is 1. The summed E-state index contributed by atoms with van der Waals surface area (Å²) in [6, 6.07) is 4.44. The summed E-state index contributed by atoms with van der Waals surface area (Å²) in [4.78, 5) is 4.42. The number of hydrogen-bond donors (Lipinski definition) is 1. The summed E-state index contributed by atoms with van der Waals surface area (Å²) in [6.45, 7) is 0. The molecule has 1 fully saturated rings. The van der Waals surface area contributed by atoms with Crippen molar-refractivity contribution in [3.8, 4) is 11.5 Å². The summed E-state index contributed by atoms with van der Waals surface area (Å²) in [7, 11) is 0. The zero-order valence-electron chi connectivity index (χ0n) is 10.6. The molecule has 0 spiro atoms. The predicted molar refractivity (Wildman–Crippen MR) is 69.9 cm³/mol. The van der Waals surface area contributed by atoms with Crippen molar-refractivity contribution in [3.63, 3.8) is 0 Å². The van der Waals surface area contributed by atoms with Crippen LogP contribution in [0.25, 0.3) is 11.5 Å². The number of nitrogens with zero attached hydrogens (tertiary/aromatic N) is 2. The molecule has 1 aliphatic carbocycles. The first kappa shape index (κ1) is 12.1. The minimum absolute atomic E-state index is 0.0925. The summed E-state index contributed by atoms with van der Waals surface area (Å²) in [5.41, 5.74) is 6.30. The molecule has 0 unspecified atom stereocenters. The van der Waals surface area contributed by atoms with Gasteiger partial charge in [0.25, 0.3) is 5.89 Å². The highest BCUT2D eigenvalue weighted by Crippen LogP contribution is 2.32. The number of benzene rings is 1. The predicted octanol–water partition coefficient (Wildman–Crippen LogP) is 3.51. The molecule has 3 rings (SSSR count). The van der Waals surface area contributed by atoms with Crippen molar-refractivity contribution in [2.75, 3.05) is 5.73 Å². The van der Waals surface area contributed by atoms with E-state index in [0.717, 1.165) is 18.7 Å². The summed E-state index contributed by atoms with van der Waals surface area (Å²) in [5.74, 6) is 1.13. The molecule has 0 saturated heterocycles. The fourth-order valence-electron chi connectivity index (χ4n) is 2.56. The molecule has 0 aliphatic heterocycles. The maximum atomic E-state index is 13.1. The average molecular weight is 261 g/mol. The lowest BCUT2D eigenvalue weighted by Gasteiger charge is -2.17. The molecule has 0 radical (unpaired) electrons. The van der Waals surface area contributed by atoms with E-state index in [0.29, 0.717) is 17.4 Å². The third kappa shape index (κ3) is 2.45. The highest BCUT2D eigenvalue weighted by Gasteiger charge is 2.21. The van der Waals surface area contributed by atoms with E-state index in [1.807, 2.05) is 0 Å². The first-order valence-electron chi connectivity index (χ1n) is 6.63. The van der Waals surface area contributed by atoms with E-state index in [2.05, 4.69) is 10.1 Å². The normalized spacial score (nSPS) is 16.7. The van der Waals surface area contributed by atoms with Crippen LogP contribution in [0.1, 0.15) is 43.8 Å². The lowest BCUT2D eigenvalue weighted by Crippen LogP contribution is -2.06. The minimum atomic E-state index is -0.434. The molecular formula is C14H16FN3O. The van der Waals surface area contributed by atoms with E-state index in [4.69, 9.17) is 10.3 Å². The quantitative estimate of drug-likeness (QED) is 0.840. The van der Waals surface area contributed by atoms with E-state index in [-0.39, 0.29) is 5.69 Å². The Kier molecular flexibility index (Phi) is 3.19. The molecule has 0 bridgehead atoms. The van der Waals surface area contributed by atoms with E-state index in [1.165, 1.54) is 31.4 Å². The number of hydrogen-bond acceptors (Lipinski definition) is 4. The molecule has 19 heavy (non-hydrogen) atoms. The van der Waals surface area contributed by atoms with Crippen molar-refractivity contribution >= 4 is 5.69 Å². The van der Waals surface area contributed by atoms with Crippen molar-refractivity contribution < 1.29 is 8.91 Å². The van der Waals surface area contributed by atoms with Crippen molar-refractivity contribution in [1.29, 1.82) is 0 Å². The number of nitrogens with two attached hydrogens (primary N) is 1. The van der Waals surface area contributed by atoms with Gasteiger partial charge in [-0.3, -0.25) is 0 Å². The van der Waals surface area contributed by atoms with Crippen LogP contribution in [0.4, 0.5) is 10.1 Å². The molecule has 1 aromatic heterocycles. The third-order valence-corrected chi connectivity index (χ3v) is 3.66. The second kappa shape index (κ2) is 4.99. The SMILES string of the molecule is Nc1cc(-c2nc(C3CCCCC3)no2)ccc1F. The topological polar surface area (TPSA) is 64.9 Å². The Labute approximate surface area is 110 Å². The van der Waals surface area contributed by atoms with Crippen molar-refractivity contribution in [3.05, 3.63) is 29.8 Å². The van der Waals surface area contributed by atoms with Crippen LogP contribution in [-0.4, -0.2) is 10.1 Å². The molecule has 100 valence electrons. The van der Waals surface area contributed by atoms with Gasteiger partial charge in [0.15, 0.2) is 5.82 Å². The molecule has 0 atom stereocenters. The average Bonchev–Trinajstić information content (AvgIpc) is 2.93. The Bertz CT molecular complexity index is 576.